The predicted octanol–water partition coefficient (Wildman–Crippen LogP) is 3.60. The molecule has 1 N–H and O–H groups in total. The SMILES string of the molecule is CN(C)C1CCCC1Nc1ccc(C(F)(F)F)cc1. The van der Waals surface area contributed by atoms with Gasteiger partial charge in [0, 0.05) is 17.8 Å². The molecule has 0 aromatic heterocycles. The summed E-state index contributed by atoms with van der Waals surface area (Å²) < 4.78 is 37.4. The lowest BCUT2D eigenvalue weighted by atomic mass is 10.1. The quantitative estimate of drug-likeness (QED) is 0.904. The molecule has 1 fully saturated rings. The zero-order valence-electron chi connectivity index (χ0n) is 11.2. The van der Waals surface area contributed by atoms with Crippen molar-refractivity contribution in [3.63, 3.8) is 0 Å². The number of benzene rings is 1. The van der Waals surface area contributed by atoms with Crippen molar-refractivity contribution in [3.05, 3.63) is 29.8 Å². The van der Waals surface area contributed by atoms with E-state index < -0.39 is 11.7 Å². The molecule has 5 heteroatoms. The summed E-state index contributed by atoms with van der Waals surface area (Å²) in [6, 6.07) is 6.03. The molecule has 0 amide bonds. The Morgan fingerprint density at radius 2 is 1.74 bits per heavy atom. The molecule has 0 aliphatic heterocycles. The normalized spacial score (nSPS) is 23.9. The van der Waals surface area contributed by atoms with Gasteiger partial charge in [-0.3, -0.25) is 0 Å². The summed E-state index contributed by atoms with van der Waals surface area (Å²) in [5.74, 6) is 0. The van der Waals surface area contributed by atoms with Crippen molar-refractivity contribution < 1.29 is 13.2 Å². The van der Waals surface area contributed by atoms with Crippen LogP contribution in [0.4, 0.5) is 18.9 Å². The first-order valence-electron chi connectivity index (χ1n) is 6.48. The monoisotopic (exact) mass is 272 g/mol. The third-order valence-electron chi connectivity index (χ3n) is 3.71. The van der Waals surface area contributed by atoms with E-state index in [2.05, 4.69) is 10.2 Å². The van der Waals surface area contributed by atoms with Crippen molar-refractivity contribution in [1.82, 2.24) is 4.90 Å². The molecule has 19 heavy (non-hydrogen) atoms. The van der Waals surface area contributed by atoms with Crippen LogP contribution in [-0.2, 0) is 6.18 Å². The third-order valence-corrected chi connectivity index (χ3v) is 3.71. The topological polar surface area (TPSA) is 15.3 Å². The van der Waals surface area contributed by atoms with Crippen LogP contribution in [-0.4, -0.2) is 31.1 Å². The summed E-state index contributed by atoms with van der Waals surface area (Å²) >= 11 is 0. The largest absolute Gasteiger partial charge is 0.416 e. The Bertz CT molecular complexity index is 412. The molecule has 0 bridgehead atoms. The van der Waals surface area contributed by atoms with Gasteiger partial charge in [-0.05, 0) is 57.6 Å². The summed E-state index contributed by atoms with van der Waals surface area (Å²) in [4.78, 5) is 2.18. The second kappa shape index (κ2) is 5.41. The number of rotatable bonds is 3. The van der Waals surface area contributed by atoms with Gasteiger partial charge in [-0.25, -0.2) is 0 Å². The van der Waals surface area contributed by atoms with Crippen LogP contribution in [0.5, 0.6) is 0 Å². The van der Waals surface area contributed by atoms with Crippen LogP contribution < -0.4 is 5.32 Å². The highest BCUT2D eigenvalue weighted by Crippen LogP contribution is 2.31. The molecule has 0 heterocycles. The van der Waals surface area contributed by atoms with E-state index in [9.17, 15) is 13.2 Å². The molecular formula is C14H19F3N2. The maximum absolute atomic E-state index is 12.5. The van der Waals surface area contributed by atoms with Crippen LogP contribution in [0.2, 0.25) is 0 Å². The van der Waals surface area contributed by atoms with Gasteiger partial charge in [-0.1, -0.05) is 0 Å². The lowest BCUT2D eigenvalue weighted by Gasteiger charge is -2.27. The number of hydrogen-bond acceptors (Lipinski definition) is 2. The van der Waals surface area contributed by atoms with Crippen molar-refractivity contribution in [2.75, 3.05) is 19.4 Å². The van der Waals surface area contributed by atoms with Crippen molar-refractivity contribution in [1.29, 1.82) is 0 Å². The highest BCUT2D eigenvalue weighted by atomic mass is 19.4. The van der Waals surface area contributed by atoms with Gasteiger partial charge in [0.05, 0.1) is 5.56 Å². The molecule has 2 atom stereocenters. The van der Waals surface area contributed by atoms with Crippen LogP contribution in [0.3, 0.4) is 0 Å². The maximum atomic E-state index is 12.5. The Labute approximate surface area is 111 Å². The zero-order valence-corrected chi connectivity index (χ0v) is 11.2. The minimum Gasteiger partial charge on any atom is -0.381 e. The molecule has 0 spiro atoms. The van der Waals surface area contributed by atoms with Gasteiger partial charge in [0.15, 0.2) is 0 Å². The van der Waals surface area contributed by atoms with Crippen LogP contribution in [0.15, 0.2) is 24.3 Å². The molecular weight excluding hydrogens is 253 g/mol. The number of halogens is 3. The van der Waals surface area contributed by atoms with Crippen LogP contribution in [0, 0.1) is 0 Å². The maximum Gasteiger partial charge on any atom is 0.416 e. The Morgan fingerprint density at radius 3 is 2.26 bits per heavy atom. The lowest BCUT2D eigenvalue weighted by Crippen LogP contribution is -2.39. The minimum absolute atomic E-state index is 0.312. The first kappa shape index (κ1) is 14.2. The number of hydrogen-bond donors (Lipinski definition) is 1. The molecule has 1 aliphatic rings. The first-order chi connectivity index (χ1) is 8.88. The zero-order chi connectivity index (χ0) is 14.0. The average molecular weight is 272 g/mol. The molecule has 1 aromatic carbocycles. The van der Waals surface area contributed by atoms with Gasteiger partial charge >= 0.3 is 6.18 Å². The smallest absolute Gasteiger partial charge is 0.381 e. The summed E-state index contributed by atoms with van der Waals surface area (Å²) in [7, 11) is 4.08. The second-order valence-electron chi connectivity index (χ2n) is 5.29. The van der Waals surface area contributed by atoms with E-state index in [1.54, 1.807) is 0 Å². The molecule has 0 saturated heterocycles. The summed E-state index contributed by atoms with van der Waals surface area (Å²) in [5.41, 5.74) is 0.153. The third kappa shape index (κ3) is 3.41. The number of alkyl halides is 3. The van der Waals surface area contributed by atoms with Crippen LogP contribution in [0.25, 0.3) is 0 Å². The summed E-state index contributed by atoms with van der Waals surface area (Å²) in [6.07, 6.45) is -0.922. The van der Waals surface area contributed by atoms with Crippen molar-refractivity contribution in [2.24, 2.45) is 0 Å². The second-order valence-corrected chi connectivity index (χ2v) is 5.29. The minimum atomic E-state index is -4.27. The first-order valence-corrected chi connectivity index (χ1v) is 6.48. The summed E-state index contributed by atoms with van der Waals surface area (Å²) in [6.45, 7) is 0. The number of nitrogens with one attached hydrogen (secondary N) is 1. The number of likely N-dealkylation sites (N-methyl/N-ethyl adjacent to an activating group) is 1. The fourth-order valence-corrected chi connectivity index (χ4v) is 2.70. The predicted molar refractivity (Wildman–Crippen MR) is 70.2 cm³/mol. The van der Waals surface area contributed by atoms with Gasteiger partial charge in [0.25, 0.3) is 0 Å². The fourth-order valence-electron chi connectivity index (χ4n) is 2.70. The molecule has 2 rings (SSSR count). The van der Waals surface area contributed by atoms with E-state index in [1.807, 2.05) is 14.1 Å². The molecule has 1 saturated carbocycles. The van der Waals surface area contributed by atoms with Gasteiger partial charge < -0.3 is 10.2 Å². The van der Waals surface area contributed by atoms with Gasteiger partial charge in [0.2, 0.25) is 0 Å². The van der Waals surface area contributed by atoms with Crippen molar-refractivity contribution >= 4 is 5.69 Å². The Kier molecular flexibility index (Phi) is 4.04. The average Bonchev–Trinajstić information content (AvgIpc) is 2.77. The highest BCUT2D eigenvalue weighted by Gasteiger charge is 2.31. The Morgan fingerprint density at radius 1 is 1.11 bits per heavy atom. The van der Waals surface area contributed by atoms with E-state index in [1.165, 1.54) is 12.1 Å². The standard InChI is InChI=1S/C14H19F3N2/c1-19(2)13-5-3-4-12(13)18-11-8-6-10(7-9-11)14(15,16)17/h6-9,12-13,18H,3-5H2,1-2H3. The fraction of sp³-hybridized carbons (Fsp3) is 0.571. The van der Waals surface area contributed by atoms with E-state index in [0.29, 0.717) is 12.1 Å². The molecule has 0 radical (unpaired) electrons. The van der Waals surface area contributed by atoms with E-state index in [0.717, 1.165) is 37.1 Å². The lowest BCUT2D eigenvalue weighted by molar-refractivity contribution is -0.137. The summed E-state index contributed by atoms with van der Waals surface area (Å²) in [5, 5.41) is 3.34. The Balaban J connectivity index is 2.04. The van der Waals surface area contributed by atoms with Gasteiger partial charge in [-0.2, -0.15) is 13.2 Å². The Hall–Kier alpha value is -1.23. The molecule has 106 valence electrons. The highest BCUT2D eigenvalue weighted by molar-refractivity contribution is 5.46. The van der Waals surface area contributed by atoms with Gasteiger partial charge in [0.1, 0.15) is 0 Å². The van der Waals surface area contributed by atoms with Crippen LogP contribution in [0.1, 0.15) is 24.8 Å². The molecule has 1 aliphatic carbocycles. The van der Waals surface area contributed by atoms with E-state index in [4.69, 9.17) is 0 Å². The van der Waals surface area contributed by atoms with Crippen LogP contribution >= 0.6 is 0 Å². The van der Waals surface area contributed by atoms with Crippen molar-refractivity contribution in [2.45, 2.75) is 37.5 Å². The molecule has 1 aromatic rings. The van der Waals surface area contributed by atoms with E-state index in [-0.39, 0.29) is 0 Å². The number of anilines is 1. The number of nitrogens with zero attached hydrogens (tertiary/aromatic N) is 1. The molecule has 2 unspecified atom stereocenters. The molecule has 2 nitrogen and oxygen atoms in total. The van der Waals surface area contributed by atoms with Crippen molar-refractivity contribution in [3.8, 4) is 0 Å². The van der Waals surface area contributed by atoms with E-state index >= 15 is 0 Å². The van der Waals surface area contributed by atoms with Gasteiger partial charge in [-0.15, -0.1) is 0 Å².